The lowest BCUT2D eigenvalue weighted by Crippen LogP contribution is -2.37. The largest absolute Gasteiger partial charge is 0.868 e. The Kier molecular flexibility index (Phi) is 5.77. The number of rotatable bonds is 5. The second-order valence-corrected chi connectivity index (χ2v) is 4.85. The highest BCUT2D eigenvalue weighted by atomic mass is 16.6. The summed E-state index contributed by atoms with van der Waals surface area (Å²) in [5.41, 5.74) is 2.46. The van der Waals surface area contributed by atoms with Gasteiger partial charge < -0.3 is 10.4 Å². The first-order valence-corrected chi connectivity index (χ1v) is 7.08. The van der Waals surface area contributed by atoms with E-state index in [9.17, 15) is 24.8 Å². The summed E-state index contributed by atoms with van der Waals surface area (Å²) < 4.78 is 0. The Morgan fingerprint density at radius 2 is 1.84 bits per heavy atom. The van der Waals surface area contributed by atoms with Gasteiger partial charge in [0.2, 0.25) is 0 Å². The van der Waals surface area contributed by atoms with Gasteiger partial charge in [-0.05, 0) is 11.3 Å². The molecule has 0 radical (unpaired) electrons. The minimum absolute atomic E-state index is 0.188. The lowest BCUT2D eigenvalue weighted by atomic mass is 10.2. The van der Waals surface area contributed by atoms with E-state index >= 15 is 0 Å². The Balaban J connectivity index is 1.88. The molecule has 9 heteroatoms. The van der Waals surface area contributed by atoms with Crippen LogP contribution in [0.4, 0.5) is 5.69 Å². The van der Waals surface area contributed by atoms with Crippen LogP contribution in [0.15, 0.2) is 53.6 Å². The maximum absolute atomic E-state index is 11.6. The average molecular weight is 341 g/mol. The van der Waals surface area contributed by atoms with Crippen molar-refractivity contribution in [1.29, 1.82) is 0 Å². The number of carbonyl (C=O) groups excluding carboxylic acids is 2. The minimum Gasteiger partial charge on any atom is -0.868 e. The van der Waals surface area contributed by atoms with Gasteiger partial charge in [-0.1, -0.05) is 42.5 Å². The number of amides is 2. The Bertz CT molecular complexity index is 821. The molecule has 2 N–H and O–H groups in total. The fourth-order valence-electron chi connectivity index (χ4n) is 1.83. The topological polar surface area (TPSA) is 137 Å². The number of hydrogen-bond donors (Lipinski definition) is 2. The molecule has 0 bridgehead atoms. The second kappa shape index (κ2) is 8.20. The third kappa shape index (κ3) is 5.13. The molecule has 25 heavy (non-hydrogen) atoms. The van der Waals surface area contributed by atoms with Crippen LogP contribution in [0.3, 0.4) is 0 Å². The van der Waals surface area contributed by atoms with Gasteiger partial charge in [0.15, 0.2) is 0 Å². The molecule has 0 saturated carbocycles. The van der Waals surface area contributed by atoms with E-state index < -0.39 is 28.2 Å². The van der Waals surface area contributed by atoms with Gasteiger partial charge in [-0.25, -0.2) is 5.43 Å². The third-order valence-corrected chi connectivity index (χ3v) is 3.06. The standard InChI is InChI=1S/C16H14N4O5/c21-14-7-6-12(8-13(14)20(24)25)10-18-19-16(23)15(22)17-9-11-4-2-1-3-5-11/h1-8,10,21H,9H2,(H,17,22)(H,19,23)/p-1/b18-10-. The van der Waals surface area contributed by atoms with Crippen molar-refractivity contribution < 1.29 is 19.6 Å². The molecule has 0 aliphatic rings. The predicted octanol–water partition coefficient (Wildman–Crippen LogP) is 0.435. The van der Waals surface area contributed by atoms with Crippen molar-refractivity contribution in [3.05, 3.63) is 69.8 Å². The Morgan fingerprint density at radius 3 is 2.52 bits per heavy atom. The summed E-state index contributed by atoms with van der Waals surface area (Å²) in [7, 11) is 0. The highest BCUT2D eigenvalue weighted by molar-refractivity contribution is 6.35. The Hall–Kier alpha value is -3.75. The van der Waals surface area contributed by atoms with E-state index in [1.54, 1.807) is 24.3 Å². The van der Waals surface area contributed by atoms with Crippen LogP contribution in [0.1, 0.15) is 11.1 Å². The van der Waals surface area contributed by atoms with Crippen LogP contribution in [0.5, 0.6) is 5.75 Å². The van der Waals surface area contributed by atoms with Crippen molar-refractivity contribution in [3.8, 4) is 5.75 Å². The van der Waals surface area contributed by atoms with E-state index in [0.717, 1.165) is 23.9 Å². The second-order valence-electron chi connectivity index (χ2n) is 4.85. The maximum atomic E-state index is 11.6. The molecule has 0 saturated heterocycles. The smallest absolute Gasteiger partial charge is 0.329 e. The first-order valence-electron chi connectivity index (χ1n) is 7.08. The lowest BCUT2D eigenvalue weighted by Gasteiger charge is -2.06. The molecule has 2 amide bonds. The molecule has 128 valence electrons. The number of carbonyl (C=O) groups is 2. The molecule has 2 aromatic rings. The minimum atomic E-state index is -0.984. The molecule has 2 aromatic carbocycles. The molecule has 0 unspecified atom stereocenters. The average Bonchev–Trinajstić information content (AvgIpc) is 2.61. The first-order chi connectivity index (χ1) is 12.0. The summed E-state index contributed by atoms with van der Waals surface area (Å²) >= 11 is 0. The van der Waals surface area contributed by atoms with Crippen LogP contribution in [-0.4, -0.2) is 23.0 Å². The van der Waals surface area contributed by atoms with Crippen LogP contribution in [0, 0.1) is 10.1 Å². The van der Waals surface area contributed by atoms with Gasteiger partial charge in [0.05, 0.1) is 11.1 Å². The fraction of sp³-hybridized carbons (Fsp3) is 0.0625. The van der Waals surface area contributed by atoms with Crippen molar-refractivity contribution >= 4 is 23.7 Å². The number of hydrogen-bond acceptors (Lipinski definition) is 6. The summed E-state index contributed by atoms with van der Waals surface area (Å²) in [5.74, 6) is -2.59. The van der Waals surface area contributed by atoms with E-state index in [2.05, 4.69) is 10.4 Å². The van der Waals surface area contributed by atoms with Gasteiger partial charge in [0, 0.05) is 18.2 Å². The number of nitro benzene ring substituents is 1. The number of benzene rings is 2. The van der Waals surface area contributed by atoms with Crippen molar-refractivity contribution in [1.82, 2.24) is 10.7 Å². The summed E-state index contributed by atoms with van der Waals surface area (Å²) in [6, 6.07) is 12.4. The summed E-state index contributed by atoms with van der Waals surface area (Å²) in [6.07, 6.45) is 1.09. The van der Waals surface area contributed by atoms with Crippen LogP contribution in [0.25, 0.3) is 0 Å². The molecule has 0 fully saturated rings. The van der Waals surface area contributed by atoms with Crippen LogP contribution < -0.4 is 15.8 Å². The normalized spacial score (nSPS) is 10.4. The molecule has 0 spiro atoms. The van der Waals surface area contributed by atoms with Crippen LogP contribution in [-0.2, 0) is 16.1 Å². The summed E-state index contributed by atoms with van der Waals surface area (Å²) in [4.78, 5) is 33.1. The first kappa shape index (κ1) is 17.6. The van der Waals surface area contributed by atoms with Gasteiger partial charge in [-0.3, -0.25) is 19.7 Å². The molecule has 0 aliphatic heterocycles. The number of nitro groups is 1. The van der Waals surface area contributed by atoms with Crippen LogP contribution >= 0.6 is 0 Å². The van der Waals surface area contributed by atoms with Gasteiger partial charge in [-0.15, -0.1) is 0 Å². The Morgan fingerprint density at radius 1 is 1.12 bits per heavy atom. The summed E-state index contributed by atoms with van der Waals surface area (Å²) in [5, 5.41) is 27.9. The molecular formula is C16H13N4O5-. The third-order valence-electron chi connectivity index (χ3n) is 3.06. The molecule has 0 atom stereocenters. The van der Waals surface area contributed by atoms with E-state index in [1.807, 2.05) is 11.5 Å². The van der Waals surface area contributed by atoms with E-state index in [-0.39, 0.29) is 12.1 Å². The molecule has 0 aliphatic carbocycles. The zero-order chi connectivity index (χ0) is 18.2. The quantitative estimate of drug-likeness (QED) is 0.352. The van der Waals surface area contributed by atoms with Crippen molar-refractivity contribution in [2.75, 3.05) is 0 Å². The van der Waals surface area contributed by atoms with E-state index in [4.69, 9.17) is 0 Å². The molecule has 0 heterocycles. The van der Waals surface area contributed by atoms with Crippen LogP contribution in [0.2, 0.25) is 0 Å². The van der Waals surface area contributed by atoms with Gasteiger partial charge in [0.25, 0.3) is 5.69 Å². The lowest BCUT2D eigenvalue weighted by molar-refractivity contribution is -0.398. The molecular weight excluding hydrogens is 328 g/mol. The maximum Gasteiger partial charge on any atom is 0.329 e. The zero-order valence-electron chi connectivity index (χ0n) is 12.8. The fourth-order valence-corrected chi connectivity index (χ4v) is 1.83. The number of nitrogens with zero attached hydrogens (tertiary/aromatic N) is 2. The SMILES string of the molecule is O=C(NCc1ccccc1)C(=O)N/N=C\c1ccc([O-])c([N+](=O)[O-])c1. The van der Waals surface area contributed by atoms with Crippen molar-refractivity contribution in [3.63, 3.8) is 0 Å². The number of nitrogens with one attached hydrogen (secondary N) is 2. The molecule has 2 rings (SSSR count). The highest BCUT2D eigenvalue weighted by Crippen LogP contribution is 2.22. The predicted molar refractivity (Wildman–Crippen MR) is 86.6 cm³/mol. The van der Waals surface area contributed by atoms with E-state index in [0.29, 0.717) is 0 Å². The molecule has 9 nitrogen and oxygen atoms in total. The van der Waals surface area contributed by atoms with E-state index in [1.165, 1.54) is 6.07 Å². The molecule has 0 aromatic heterocycles. The highest BCUT2D eigenvalue weighted by Gasteiger charge is 2.12. The monoisotopic (exact) mass is 341 g/mol. The number of hydrazone groups is 1. The summed E-state index contributed by atoms with van der Waals surface area (Å²) in [6.45, 7) is 0.188. The van der Waals surface area contributed by atoms with Gasteiger partial charge in [0.1, 0.15) is 0 Å². The van der Waals surface area contributed by atoms with Gasteiger partial charge in [-0.2, -0.15) is 5.10 Å². The van der Waals surface area contributed by atoms with Crippen molar-refractivity contribution in [2.45, 2.75) is 6.54 Å². The zero-order valence-corrected chi connectivity index (χ0v) is 12.8. The van der Waals surface area contributed by atoms with Crippen molar-refractivity contribution in [2.24, 2.45) is 5.10 Å². The van der Waals surface area contributed by atoms with Gasteiger partial charge >= 0.3 is 11.8 Å². The Labute approximate surface area is 142 Å².